The first-order chi connectivity index (χ1) is 14.1. The number of aromatic nitrogens is 1. The Labute approximate surface area is 172 Å². The van der Waals surface area contributed by atoms with Gasteiger partial charge in [-0.05, 0) is 41.7 Å². The van der Waals surface area contributed by atoms with Crippen LogP contribution in [-0.4, -0.2) is 17.4 Å². The van der Waals surface area contributed by atoms with Crippen LogP contribution in [0.4, 0.5) is 4.39 Å². The molecule has 0 aliphatic carbocycles. The van der Waals surface area contributed by atoms with Gasteiger partial charge in [0.1, 0.15) is 5.82 Å². The lowest BCUT2D eigenvalue weighted by Gasteiger charge is -2.17. The SMILES string of the molecule is CCCCCCNC(=O)C[C@H](c1cccc(F)c1)c1c[nH]c2c(CC)cccc12. The third-order valence-corrected chi connectivity index (χ3v) is 5.58. The Kier molecular flexibility index (Phi) is 7.45. The van der Waals surface area contributed by atoms with Crippen molar-refractivity contribution in [2.45, 2.75) is 58.3 Å². The fraction of sp³-hybridized carbons (Fsp3) is 0.400. The number of H-pyrrole nitrogens is 1. The molecule has 0 radical (unpaired) electrons. The molecule has 0 aliphatic rings. The molecule has 4 heteroatoms. The zero-order valence-electron chi connectivity index (χ0n) is 17.4. The van der Waals surface area contributed by atoms with Crippen molar-refractivity contribution < 1.29 is 9.18 Å². The fourth-order valence-electron chi connectivity index (χ4n) is 3.99. The average molecular weight is 395 g/mol. The summed E-state index contributed by atoms with van der Waals surface area (Å²) in [5, 5.41) is 4.15. The first-order valence-corrected chi connectivity index (χ1v) is 10.7. The Morgan fingerprint density at radius 3 is 2.69 bits per heavy atom. The average Bonchev–Trinajstić information content (AvgIpc) is 3.16. The molecule has 2 N–H and O–H groups in total. The molecule has 0 saturated carbocycles. The predicted octanol–water partition coefficient (Wildman–Crippen LogP) is 6.09. The Hall–Kier alpha value is -2.62. The Morgan fingerprint density at radius 1 is 1.10 bits per heavy atom. The van der Waals surface area contributed by atoms with Crippen LogP contribution in [0.5, 0.6) is 0 Å². The predicted molar refractivity (Wildman–Crippen MR) is 118 cm³/mol. The van der Waals surface area contributed by atoms with Gasteiger partial charge in [0, 0.05) is 36.0 Å². The molecule has 0 aliphatic heterocycles. The Bertz CT molecular complexity index is 947. The van der Waals surface area contributed by atoms with Gasteiger partial charge in [0.15, 0.2) is 0 Å². The second-order valence-corrected chi connectivity index (χ2v) is 7.66. The molecular formula is C25H31FN2O. The van der Waals surface area contributed by atoms with Gasteiger partial charge in [0.25, 0.3) is 0 Å². The largest absolute Gasteiger partial charge is 0.361 e. The minimum Gasteiger partial charge on any atom is -0.361 e. The van der Waals surface area contributed by atoms with Gasteiger partial charge < -0.3 is 10.3 Å². The van der Waals surface area contributed by atoms with E-state index in [-0.39, 0.29) is 17.6 Å². The standard InChI is InChI=1S/C25H31FN2O/c1-3-5-6-7-14-27-24(29)16-22(19-11-8-12-20(26)15-19)23-17-28-25-18(4-2)10-9-13-21(23)25/h8-13,15,17,22,28H,3-7,14,16H2,1-2H3,(H,27,29)/t22-/m1/s1. The lowest BCUT2D eigenvalue weighted by atomic mass is 9.87. The summed E-state index contributed by atoms with van der Waals surface area (Å²) in [7, 11) is 0. The number of hydrogen-bond acceptors (Lipinski definition) is 1. The lowest BCUT2D eigenvalue weighted by Crippen LogP contribution is -2.26. The highest BCUT2D eigenvalue weighted by Crippen LogP contribution is 2.34. The van der Waals surface area contributed by atoms with Gasteiger partial charge in [-0.1, -0.05) is 63.4 Å². The molecule has 3 rings (SSSR count). The van der Waals surface area contributed by atoms with Crippen LogP contribution in [0.2, 0.25) is 0 Å². The number of amides is 1. The number of aromatic amines is 1. The van der Waals surface area contributed by atoms with Crippen LogP contribution in [0.25, 0.3) is 10.9 Å². The number of aryl methyl sites for hydroxylation is 1. The van der Waals surface area contributed by atoms with Gasteiger partial charge in [0.2, 0.25) is 5.91 Å². The number of hydrogen-bond donors (Lipinski definition) is 2. The van der Waals surface area contributed by atoms with Gasteiger partial charge in [0.05, 0.1) is 0 Å². The minimum atomic E-state index is -0.276. The molecule has 3 nitrogen and oxygen atoms in total. The molecule has 1 amide bonds. The number of para-hydroxylation sites is 1. The number of carbonyl (C=O) groups excluding carboxylic acids is 1. The molecule has 0 spiro atoms. The van der Waals surface area contributed by atoms with Crippen molar-refractivity contribution in [1.82, 2.24) is 10.3 Å². The number of carbonyl (C=O) groups is 1. The molecule has 1 aromatic heterocycles. The van der Waals surface area contributed by atoms with Crippen LogP contribution in [0, 0.1) is 5.82 Å². The van der Waals surface area contributed by atoms with Crippen LogP contribution in [0.1, 0.15) is 68.6 Å². The summed E-state index contributed by atoms with van der Waals surface area (Å²) in [6.45, 7) is 5.00. The molecule has 1 atom stereocenters. The van der Waals surface area contributed by atoms with Crippen molar-refractivity contribution in [3.05, 3.63) is 71.2 Å². The molecule has 0 saturated heterocycles. The van der Waals surface area contributed by atoms with Gasteiger partial charge in [-0.15, -0.1) is 0 Å². The van der Waals surface area contributed by atoms with E-state index in [1.165, 1.54) is 24.5 Å². The number of halogens is 1. The topological polar surface area (TPSA) is 44.9 Å². The van der Waals surface area contributed by atoms with E-state index in [1.807, 2.05) is 12.3 Å². The van der Waals surface area contributed by atoms with E-state index < -0.39 is 0 Å². The summed E-state index contributed by atoms with van der Waals surface area (Å²) >= 11 is 0. The zero-order valence-corrected chi connectivity index (χ0v) is 17.4. The molecule has 0 bridgehead atoms. The van der Waals surface area contributed by atoms with Crippen LogP contribution in [-0.2, 0) is 11.2 Å². The maximum atomic E-state index is 14.0. The summed E-state index contributed by atoms with van der Waals surface area (Å²) in [6.07, 6.45) is 7.71. The number of fused-ring (bicyclic) bond motifs is 1. The van der Waals surface area contributed by atoms with Crippen molar-refractivity contribution in [2.75, 3.05) is 6.54 Å². The lowest BCUT2D eigenvalue weighted by molar-refractivity contribution is -0.121. The highest BCUT2D eigenvalue weighted by atomic mass is 19.1. The maximum Gasteiger partial charge on any atom is 0.220 e. The smallest absolute Gasteiger partial charge is 0.220 e. The van der Waals surface area contributed by atoms with Crippen molar-refractivity contribution in [1.29, 1.82) is 0 Å². The number of unbranched alkanes of at least 4 members (excludes halogenated alkanes) is 3. The molecular weight excluding hydrogens is 363 g/mol. The van der Waals surface area contributed by atoms with Gasteiger partial charge in [-0.2, -0.15) is 0 Å². The highest BCUT2D eigenvalue weighted by molar-refractivity contribution is 5.88. The van der Waals surface area contributed by atoms with E-state index in [9.17, 15) is 9.18 Å². The highest BCUT2D eigenvalue weighted by Gasteiger charge is 2.22. The summed E-state index contributed by atoms with van der Waals surface area (Å²) in [5.41, 5.74) is 4.22. The van der Waals surface area contributed by atoms with Crippen LogP contribution in [0.15, 0.2) is 48.7 Å². The van der Waals surface area contributed by atoms with E-state index in [1.54, 1.807) is 12.1 Å². The Morgan fingerprint density at radius 2 is 1.93 bits per heavy atom. The summed E-state index contributed by atoms with van der Waals surface area (Å²) in [6, 6.07) is 12.9. The normalized spacial score (nSPS) is 12.2. The van der Waals surface area contributed by atoms with Gasteiger partial charge in [-0.25, -0.2) is 4.39 Å². The molecule has 1 heterocycles. The third-order valence-electron chi connectivity index (χ3n) is 5.58. The molecule has 29 heavy (non-hydrogen) atoms. The first-order valence-electron chi connectivity index (χ1n) is 10.7. The van der Waals surface area contributed by atoms with E-state index in [0.717, 1.165) is 41.3 Å². The number of benzene rings is 2. The van der Waals surface area contributed by atoms with E-state index >= 15 is 0 Å². The maximum absolute atomic E-state index is 14.0. The second-order valence-electron chi connectivity index (χ2n) is 7.66. The fourth-order valence-corrected chi connectivity index (χ4v) is 3.99. The van der Waals surface area contributed by atoms with Crippen molar-refractivity contribution in [3.8, 4) is 0 Å². The van der Waals surface area contributed by atoms with Crippen molar-refractivity contribution in [3.63, 3.8) is 0 Å². The summed E-state index contributed by atoms with van der Waals surface area (Å²) < 4.78 is 14.0. The quantitative estimate of drug-likeness (QED) is 0.402. The number of rotatable bonds is 10. The molecule has 0 unspecified atom stereocenters. The van der Waals surface area contributed by atoms with Gasteiger partial charge in [-0.3, -0.25) is 4.79 Å². The van der Waals surface area contributed by atoms with E-state index in [0.29, 0.717) is 13.0 Å². The summed E-state index contributed by atoms with van der Waals surface area (Å²) in [5.74, 6) is -0.458. The van der Waals surface area contributed by atoms with E-state index in [4.69, 9.17) is 0 Å². The summed E-state index contributed by atoms with van der Waals surface area (Å²) in [4.78, 5) is 16.1. The molecule has 2 aromatic carbocycles. The Balaban J connectivity index is 1.86. The van der Waals surface area contributed by atoms with E-state index in [2.05, 4.69) is 42.3 Å². The van der Waals surface area contributed by atoms with Gasteiger partial charge >= 0.3 is 0 Å². The van der Waals surface area contributed by atoms with Crippen LogP contribution >= 0.6 is 0 Å². The first kappa shape index (κ1) is 21.1. The van der Waals surface area contributed by atoms with Crippen LogP contribution in [0.3, 0.4) is 0 Å². The number of nitrogens with one attached hydrogen (secondary N) is 2. The second kappa shape index (κ2) is 10.2. The third kappa shape index (κ3) is 5.26. The van der Waals surface area contributed by atoms with Crippen molar-refractivity contribution in [2.24, 2.45) is 0 Å². The molecule has 0 fully saturated rings. The zero-order chi connectivity index (χ0) is 20.6. The van der Waals surface area contributed by atoms with Crippen LogP contribution < -0.4 is 5.32 Å². The molecule has 3 aromatic rings. The minimum absolute atomic E-state index is 0.0109. The monoisotopic (exact) mass is 394 g/mol. The molecule has 154 valence electrons. The van der Waals surface area contributed by atoms with Crippen molar-refractivity contribution >= 4 is 16.8 Å².